The van der Waals surface area contributed by atoms with E-state index in [2.05, 4.69) is 10.5 Å². The normalized spacial score (nSPS) is 11.3. The Morgan fingerprint density at radius 2 is 1.57 bits per heavy atom. The summed E-state index contributed by atoms with van der Waals surface area (Å²) < 4.78 is 47.1. The van der Waals surface area contributed by atoms with Crippen molar-refractivity contribution in [3.05, 3.63) is 126 Å². The molecule has 0 aliphatic rings. The van der Waals surface area contributed by atoms with Crippen LogP contribution in [0.5, 0.6) is 5.75 Å². The molecule has 0 spiro atoms. The predicted molar refractivity (Wildman–Crippen MR) is 141 cm³/mol. The van der Waals surface area contributed by atoms with E-state index in [9.17, 15) is 17.6 Å². The first-order valence-corrected chi connectivity index (χ1v) is 12.7. The van der Waals surface area contributed by atoms with Crippen LogP contribution in [0.2, 0.25) is 0 Å². The lowest BCUT2D eigenvalue weighted by Crippen LogP contribution is -2.33. The van der Waals surface area contributed by atoms with Crippen LogP contribution in [-0.2, 0) is 16.6 Å². The van der Waals surface area contributed by atoms with Gasteiger partial charge in [0.15, 0.2) is 0 Å². The van der Waals surface area contributed by atoms with Gasteiger partial charge in [0.1, 0.15) is 11.6 Å². The maximum absolute atomic E-state index is 13.8. The van der Waals surface area contributed by atoms with Gasteiger partial charge in [0, 0.05) is 0 Å². The van der Waals surface area contributed by atoms with Crippen LogP contribution in [0.1, 0.15) is 21.5 Å². The monoisotopic (exact) mass is 517 g/mol. The fourth-order valence-corrected chi connectivity index (χ4v) is 5.05. The van der Waals surface area contributed by atoms with E-state index in [1.54, 1.807) is 30.3 Å². The Labute approximate surface area is 214 Å². The highest BCUT2D eigenvalue weighted by Crippen LogP contribution is 2.30. The second kappa shape index (κ2) is 11.5. The number of hydrogen-bond donors (Lipinski definition) is 1. The van der Waals surface area contributed by atoms with Gasteiger partial charge in [0.2, 0.25) is 0 Å². The Kier molecular flexibility index (Phi) is 7.95. The van der Waals surface area contributed by atoms with Gasteiger partial charge in [0.25, 0.3) is 15.9 Å². The zero-order valence-corrected chi connectivity index (χ0v) is 20.7. The Morgan fingerprint density at radius 3 is 2.24 bits per heavy atom. The van der Waals surface area contributed by atoms with E-state index in [0.717, 1.165) is 5.56 Å². The van der Waals surface area contributed by atoms with Crippen molar-refractivity contribution in [2.45, 2.75) is 11.4 Å². The first kappa shape index (κ1) is 25.6. The van der Waals surface area contributed by atoms with Gasteiger partial charge in [-0.3, -0.25) is 9.10 Å². The second-order valence-corrected chi connectivity index (χ2v) is 9.80. The van der Waals surface area contributed by atoms with Gasteiger partial charge >= 0.3 is 0 Å². The van der Waals surface area contributed by atoms with Crippen LogP contribution < -0.4 is 14.5 Å². The molecule has 188 valence electrons. The highest BCUT2D eigenvalue weighted by molar-refractivity contribution is 7.92. The molecule has 0 bridgehead atoms. The van der Waals surface area contributed by atoms with Gasteiger partial charge in [-0.1, -0.05) is 54.6 Å². The van der Waals surface area contributed by atoms with Crippen molar-refractivity contribution in [3.8, 4) is 5.75 Å². The molecule has 4 aromatic carbocycles. The van der Waals surface area contributed by atoms with Gasteiger partial charge in [0.05, 0.1) is 36.0 Å². The maximum atomic E-state index is 13.8. The highest BCUT2D eigenvalue weighted by atomic mass is 32.2. The van der Waals surface area contributed by atoms with Gasteiger partial charge in [-0.25, -0.2) is 18.2 Å². The first-order chi connectivity index (χ1) is 17.9. The van der Waals surface area contributed by atoms with Crippen LogP contribution in [0.4, 0.5) is 10.1 Å². The molecule has 0 unspecified atom stereocenters. The number of anilines is 1. The van der Waals surface area contributed by atoms with E-state index in [-0.39, 0.29) is 28.5 Å². The van der Waals surface area contributed by atoms with Crippen molar-refractivity contribution < 1.29 is 22.3 Å². The predicted octanol–water partition coefficient (Wildman–Crippen LogP) is 4.99. The maximum Gasteiger partial charge on any atom is 0.273 e. The summed E-state index contributed by atoms with van der Waals surface area (Å²) in [5.41, 5.74) is 4.06. The zero-order chi connectivity index (χ0) is 26.3. The number of hydrogen-bond acceptors (Lipinski definition) is 5. The molecule has 0 saturated carbocycles. The standard InChI is InChI=1S/C28H24FN3O4S/c1-36-24-15-17-25(18-16-24)37(34,35)32(20-22-7-3-2-4-8-22)27-10-6-5-9-26(27)28(33)31-30-19-21-11-13-23(29)14-12-21/h2-19H,20H2,1H3,(H,31,33)/b30-19-. The molecule has 1 amide bonds. The van der Waals surface area contributed by atoms with E-state index in [1.165, 1.54) is 60.1 Å². The molecule has 9 heteroatoms. The molecule has 37 heavy (non-hydrogen) atoms. The zero-order valence-electron chi connectivity index (χ0n) is 19.9. The summed E-state index contributed by atoms with van der Waals surface area (Å²) in [6.45, 7) is -0.00164. The third-order valence-electron chi connectivity index (χ3n) is 5.48. The number of benzene rings is 4. The van der Waals surface area contributed by atoms with Crippen molar-refractivity contribution in [2.75, 3.05) is 11.4 Å². The molecule has 0 heterocycles. The molecule has 0 atom stereocenters. The molecule has 4 aromatic rings. The lowest BCUT2D eigenvalue weighted by Gasteiger charge is -2.26. The number of halogens is 1. The summed E-state index contributed by atoms with van der Waals surface area (Å²) in [5.74, 6) is -0.462. The van der Waals surface area contributed by atoms with Crippen molar-refractivity contribution in [1.82, 2.24) is 5.43 Å². The van der Waals surface area contributed by atoms with Crippen molar-refractivity contribution in [3.63, 3.8) is 0 Å². The van der Waals surface area contributed by atoms with E-state index in [0.29, 0.717) is 11.3 Å². The van der Waals surface area contributed by atoms with Crippen LogP contribution in [0.25, 0.3) is 0 Å². The van der Waals surface area contributed by atoms with Gasteiger partial charge < -0.3 is 4.74 Å². The van der Waals surface area contributed by atoms with E-state index in [1.807, 2.05) is 30.3 Å². The summed E-state index contributed by atoms with van der Waals surface area (Å²) in [6.07, 6.45) is 1.37. The molecule has 7 nitrogen and oxygen atoms in total. The number of hydrazone groups is 1. The Bertz CT molecular complexity index is 1490. The largest absolute Gasteiger partial charge is 0.497 e. The quantitative estimate of drug-likeness (QED) is 0.250. The molecule has 0 aromatic heterocycles. The fraction of sp³-hybridized carbons (Fsp3) is 0.0714. The number of sulfonamides is 1. The fourth-order valence-electron chi connectivity index (χ4n) is 3.58. The molecule has 0 saturated heterocycles. The van der Waals surface area contributed by atoms with Crippen LogP contribution in [-0.4, -0.2) is 27.6 Å². The molecule has 0 fully saturated rings. The smallest absolute Gasteiger partial charge is 0.273 e. The highest BCUT2D eigenvalue weighted by Gasteiger charge is 2.28. The van der Waals surface area contributed by atoms with Crippen LogP contribution in [0, 0.1) is 5.82 Å². The van der Waals surface area contributed by atoms with Gasteiger partial charge in [-0.2, -0.15) is 5.10 Å². The average molecular weight is 518 g/mol. The molecule has 0 aliphatic carbocycles. The van der Waals surface area contributed by atoms with E-state index < -0.39 is 15.9 Å². The van der Waals surface area contributed by atoms with Crippen molar-refractivity contribution in [2.24, 2.45) is 5.10 Å². The number of ether oxygens (including phenoxy) is 1. The number of methoxy groups -OCH3 is 1. The number of rotatable bonds is 9. The Morgan fingerprint density at radius 1 is 0.919 bits per heavy atom. The van der Waals surface area contributed by atoms with Gasteiger partial charge in [-0.15, -0.1) is 0 Å². The number of amides is 1. The third kappa shape index (κ3) is 6.20. The van der Waals surface area contributed by atoms with E-state index in [4.69, 9.17) is 4.74 Å². The minimum atomic E-state index is -4.08. The lowest BCUT2D eigenvalue weighted by molar-refractivity contribution is 0.0955. The number of para-hydroxylation sites is 1. The summed E-state index contributed by atoms with van der Waals surface area (Å²) in [6, 6.07) is 27.1. The third-order valence-corrected chi connectivity index (χ3v) is 7.26. The van der Waals surface area contributed by atoms with Crippen molar-refractivity contribution in [1.29, 1.82) is 0 Å². The SMILES string of the molecule is COc1ccc(S(=O)(=O)N(Cc2ccccc2)c2ccccc2C(=O)N/N=C\c2ccc(F)cc2)cc1. The molecule has 0 aliphatic heterocycles. The molecule has 4 rings (SSSR count). The van der Waals surface area contributed by atoms with Crippen LogP contribution in [0.15, 0.2) is 113 Å². The number of nitrogens with zero attached hydrogens (tertiary/aromatic N) is 2. The molecular formula is C28H24FN3O4S. The lowest BCUT2D eigenvalue weighted by atomic mass is 10.1. The van der Waals surface area contributed by atoms with E-state index >= 15 is 0 Å². The minimum absolute atomic E-state index is 0.00164. The number of carbonyl (C=O) groups excluding carboxylic acids is 1. The average Bonchev–Trinajstić information content (AvgIpc) is 2.93. The minimum Gasteiger partial charge on any atom is -0.497 e. The Hall–Kier alpha value is -4.50. The topological polar surface area (TPSA) is 88.1 Å². The first-order valence-electron chi connectivity index (χ1n) is 11.3. The Balaban J connectivity index is 1.70. The van der Waals surface area contributed by atoms with Crippen LogP contribution in [0.3, 0.4) is 0 Å². The summed E-state index contributed by atoms with van der Waals surface area (Å²) >= 11 is 0. The summed E-state index contributed by atoms with van der Waals surface area (Å²) in [4.78, 5) is 13.1. The molecule has 1 N–H and O–H groups in total. The van der Waals surface area contributed by atoms with Gasteiger partial charge in [-0.05, 0) is 59.7 Å². The summed E-state index contributed by atoms with van der Waals surface area (Å²) in [5, 5.41) is 3.94. The molecular weight excluding hydrogens is 493 g/mol. The number of carbonyl (C=O) groups is 1. The number of nitrogens with one attached hydrogen (secondary N) is 1. The second-order valence-electron chi connectivity index (χ2n) is 7.94. The van der Waals surface area contributed by atoms with Crippen LogP contribution >= 0.6 is 0 Å². The molecule has 0 radical (unpaired) electrons. The van der Waals surface area contributed by atoms with Crippen molar-refractivity contribution >= 4 is 27.8 Å². The summed E-state index contributed by atoms with van der Waals surface area (Å²) in [7, 11) is -2.58.